The second-order valence-corrected chi connectivity index (χ2v) is 9.55. The van der Waals surface area contributed by atoms with Crippen molar-refractivity contribution < 1.29 is 24.6 Å². The first-order valence-electron chi connectivity index (χ1n) is 12.2. The molecule has 1 heterocycles. The monoisotopic (exact) mass is 536 g/mol. The van der Waals surface area contributed by atoms with Gasteiger partial charge in [-0.1, -0.05) is 78.3 Å². The number of carbonyl (C=O) groups is 3. The van der Waals surface area contributed by atoms with Crippen molar-refractivity contribution >= 4 is 29.4 Å². The highest BCUT2D eigenvalue weighted by molar-refractivity contribution is 6.33. The minimum Gasteiger partial charge on any atom is -0.479 e. The number of halogens is 1. The number of aliphatic hydroxyl groups excluding tert-OH is 1. The van der Waals surface area contributed by atoms with Crippen molar-refractivity contribution in [2.45, 2.75) is 43.6 Å². The quantitative estimate of drug-likeness (QED) is 0.234. The molecule has 10 heteroatoms. The smallest absolute Gasteiger partial charge is 0.332 e. The van der Waals surface area contributed by atoms with Crippen LogP contribution < -0.4 is 21.5 Å². The van der Waals surface area contributed by atoms with E-state index in [0.29, 0.717) is 17.0 Å². The van der Waals surface area contributed by atoms with E-state index in [1.54, 1.807) is 24.3 Å². The van der Waals surface area contributed by atoms with Gasteiger partial charge in [0.25, 0.3) is 5.91 Å². The normalized spacial score (nSPS) is 18.4. The third-order valence-electron chi connectivity index (χ3n) is 6.33. The van der Waals surface area contributed by atoms with Crippen LogP contribution in [0.4, 0.5) is 0 Å². The average molecular weight is 537 g/mol. The highest BCUT2D eigenvalue weighted by atomic mass is 35.5. The Hall–Kier alpha value is -3.76. The lowest BCUT2D eigenvalue weighted by Gasteiger charge is -2.22. The fraction of sp³-hybridized carbons (Fsp3) is 0.250. The topological polar surface area (TPSA) is 140 Å². The molecule has 2 unspecified atom stereocenters. The Bertz CT molecular complexity index is 1270. The van der Waals surface area contributed by atoms with Crippen LogP contribution in [0.25, 0.3) is 11.1 Å². The van der Waals surface area contributed by atoms with Gasteiger partial charge in [0, 0.05) is 18.9 Å². The average Bonchev–Trinajstić information content (AvgIpc) is 3.38. The molecule has 0 aromatic heterocycles. The van der Waals surface area contributed by atoms with E-state index >= 15 is 0 Å². The van der Waals surface area contributed by atoms with Crippen LogP contribution in [0.2, 0.25) is 5.02 Å². The van der Waals surface area contributed by atoms with Gasteiger partial charge in [0.1, 0.15) is 6.04 Å². The Balaban J connectivity index is 1.37. The van der Waals surface area contributed by atoms with Crippen LogP contribution in [0.1, 0.15) is 28.8 Å². The Kier molecular flexibility index (Phi) is 9.09. The number of carbonyl (C=O) groups excluding carboxylic acids is 2. The molecule has 4 atom stereocenters. The van der Waals surface area contributed by atoms with Crippen LogP contribution in [-0.4, -0.2) is 52.4 Å². The molecule has 1 aliphatic rings. The number of hydrazine groups is 1. The van der Waals surface area contributed by atoms with Crippen molar-refractivity contribution in [3.05, 3.63) is 95.0 Å². The van der Waals surface area contributed by atoms with E-state index in [1.165, 1.54) is 0 Å². The molecule has 198 valence electrons. The van der Waals surface area contributed by atoms with Gasteiger partial charge in [-0.2, -0.15) is 0 Å². The number of benzene rings is 3. The zero-order chi connectivity index (χ0) is 27.1. The fourth-order valence-electron chi connectivity index (χ4n) is 4.32. The van der Waals surface area contributed by atoms with Gasteiger partial charge in [0.05, 0.1) is 16.8 Å². The summed E-state index contributed by atoms with van der Waals surface area (Å²) < 4.78 is 0. The van der Waals surface area contributed by atoms with Gasteiger partial charge in [-0.05, 0) is 35.2 Å². The summed E-state index contributed by atoms with van der Waals surface area (Å²) >= 11 is 6.09. The second-order valence-electron chi connectivity index (χ2n) is 9.15. The second kappa shape index (κ2) is 12.7. The molecule has 6 N–H and O–H groups in total. The van der Waals surface area contributed by atoms with E-state index in [-0.39, 0.29) is 24.7 Å². The maximum atomic E-state index is 13.0. The minimum atomic E-state index is -1.62. The van der Waals surface area contributed by atoms with Gasteiger partial charge < -0.3 is 20.8 Å². The van der Waals surface area contributed by atoms with Gasteiger partial charge >= 0.3 is 5.97 Å². The van der Waals surface area contributed by atoms with Crippen molar-refractivity contribution in [1.82, 2.24) is 21.5 Å². The van der Waals surface area contributed by atoms with Crippen molar-refractivity contribution in [2.75, 3.05) is 0 Å². The van der Waals surface area contributed by atoms with Crippen molar-refractivity contribution in [3.63, 3.8) is 0 Å². The van der Waals surface area contributed by atoms with Crippen LogP contribution in [-0.2, 0) is 16.0 Å². The Morgan fingerprint density at radius 1 is 0.921 bits per heavy atom. The van der Waals surface area contributed by atoms with Crippen molar-refractivity contribution in [3.8, 4) is 11.1 Å². The zero-order valence-corrected chi connectivity index (χ0v) is 21.2. The first kappa shape index (κ1) is 27.3. The number of carboxylic acids is 1. The summed E-state index contributed by atoms with van der Waals surface area (Å²) in [6.45, 7) is 0. The number of amides is 2. The summed E-state index contributed by atoms with van der Waals surface area (Å²) in [7, 11) is 0. The minimum absolute atomic E-state index is 0.158. The first-order chi connectivity index (χ1) is 18.3. The van der Waals surface area contributed by atoms with E-state index in [4.69, 9.17) is 11.6 Å². The van der Waals surface area contributed by atoms with E-state index in [9.17, 15) is 24.6 Å². The first-order valence-corrected chi connectivity index (χ1v) is 12.6. The fourth-order valence-corrected chi connectivity index (χ4v) is 4.54. The number of rotatable bonds is 10. The molecule has 3 aromatic rings. The number of hydrogen-bond acceptors (Lipinski definition) is 6. The Morgan fingerprint density at radius 2 is 1.58 bits per heavy atom. The molecule has 4 rings (SSSR count). The van der Waals surface area contributed by atoms with Crippen LogP contribution >= 0.6 is 11.6 Å². The van der Waals surface area contributed by atoms with Gasteiger partial charge in [-0.25, -0.2) is 15.6 Å². The lowest BCUT2D eigenvalue weighted by molar-refractivity contribution is -0.147. The maximum absolute atomic E-state index is 13.0. The van der Waals surface area contributed by atoms with Crippen LogP contribution in [0.3, 0.4) is 0 Å². The SMILES string of the molecule is O=C(NC1CC(C(=O)N[C@H](Cc2ccc(-c3ccccc3)cc2)C[C@@H](O)C(=O)O)NN1)c1ccccc1Cl. The van der Waals surface area contributed by atoms with Gasteiger partial charge in [0.2, 0.25) is 5.91 Å². The molecule has 0 radical (unpaired) electrons. The lowest BCUT2D eigenvalue weighted by Crippen LogP contribution is -2.49. The highest BCUT2D eigenvalue weighted by Crippen LogP contribution is 2.20. The van der Waals surface area contributed by atoms with E-state index < -0.39 is 30.3 Å². The number of hydrogen-bond donors (Lipinski definition) is 6. The molecule has 9 nitrogen and oxygen atoms in total. The molecule has 2 amide bonds. The lowest BCUT2D eigenvalue weighted by atomic mass is 9.97. The molecule has 0 saturated carbocycles. The summed E-state index contributed by atoms with van der Waals surface area (Å²) in [5.74, 6) is -2.11. The summed E-state index contributed by atoms with van der Waals surface area (Å²) in [6, 6.07) is 23.0. The highest BCUT2D eigenvalue weighted by Gasteiger charge is 2.32. The van der Waals surface area contributed by atoms with Crippen molar-refractivity contribution in [1.29, 1.82) is 0 Å². The predicted molar refractivity (Wildman–Crippen MR) is 143 cm³/mol. The van der Waals surface area contributed by atoms with Crippen LogP contribution in [0, 0.1) is 0 Å². The molecule has 0 bridgehead atoms. The molecule has 0 aliphatic carbocycles. The van der Waals surface area contributed by atoms with Crippen LogP contribution in [0.5, 0.6) is 0 Å². The van der Waals surface area contributed by atoms with Gasteiger partial charge in [0.15, 0.2) is 6.10 Å². The molecule has 3 aromatic carbocycles. The molecule has 38 heavy (non-hydrogen) atoms. The molecule has 1 saturated heterocycles. The summed E-state index contributed by atoms with van der Waals surface area (Å²) in [4.78, 5) is 36.8. The maximum Gasteiger partial charge on any atom is 0.332 e. The molecular formula is C28H29ClN4O5. The predicted octanol–water partition coefficient (Wildman–Crippen LogP) is 2.49. The summed E-state index contributed by atoms with van der Waals surface area (Å²) in [6.07, 6.45) is -1.72. The standard InChI is InChI=1S/C28H29ClN4O5/c29-22-9-5-4-8-21(22)26(35)31-25-16-23(32-33-25)27(36)30-20(15-24(34)28(37)38)14-17-10-12-19(13-11-17)18-6-2-1-3-7-18/h1-13,20,23-25,32-34H,14-16H2,(H,30,36)(H,31,35)(H,37,38)/t20-,23?,24-,25?/m1/s1. The number of carboxylic acid groups (broad SMARTS) is 1. The van der Waals surface area contributed by atoms with E-state index in [1.807, 2.05) is 54.6 Å². The third-order valence-corrected chi connectivity index (χ3v) is 6.66. The Morgan fingerprint density at radius 3 is 2.26 bits per heavy atom. The largest absolute Gasteiger partial charge is 0.479 e. The summed E-state index contributed by atoms with van der Waals surface area (Å²) in [5.41, 5.74) is 9.06. The van der Waals surface area contributed by atoms with Gasteiger partial charge in [-0.3, -0.25) is 9.59 Å². The Labute approximate surface area is 225 Å². The molecule has 0 spiro atoms. The van der Waals surface area contributed by atoms with Crippen LogP contribution in [0.15, 0.2) is 78.9 Å². The number of aliphatic hydroxyl groups is 1. The molecule has 1 fully saturated rings. The van der Waals surface area contributed by atoms with E-state index in [0.717, 1.165) is 16.7 Å². The summed E-state index contributed by atoms with van der Waals surface area (Å²) in [5, 5.41) is 25.1. The van der Waals surface area contributed by atoms with Crippen molar-refractivity contribution in [2.24, 2.45) is 0 Å². The van der Waals surface area contributed by atoms with Gasteiger partial charge in [-0.15, -0.1) is 0 Å². The zero-order valence-electron chi connectivity index (χ0n) is 20.4. The number of nitrogens with one attached hydrogen (secondary N) is 4. The number of aliphatic carboxylic acids is 1. The third kappa shape index (κ3) is 7.17. The molecule has 1 aliphatic heterocycles. The van der Waals surface area contributed by atoms with E-state index in [2.05, 4.69) is 21.5 Å². The molecular weight excluding hydrogens is 508 g/mol.